The minimum atomic E-state index is 0.408. The van der Waals surface area contributed by atoms with Crippen LogP contribution in [0.5, 0.6) is 0 Å². The van der Waals surface area contributed by atoms with Gasteiger partial charge in [-0.2, -0.15) is 5.26 Å². The van der Waals surface area contributed by atoms with Gasteiger partial charge in [0.05, 0.1) is 6.61 Å². The monoisotopic (exact) mass is 204 g/mol. The Balaban J connectivity index is 2.16. The molecule has 0 spiro atoms. The van der Waals surface area contributed by atoms with Crippen molar-refractivity contribution in [1.82, 2.24) is 9.97 Å². The zero-order valence-corrected chi connectivity index (χ0v) is 8.39. The predicted molar refractivity (Wildman–Crippen MR) is 54.4 cm³/mol. The average molecular weight is 204 g/mol. The second-order valence-electron chi connectivity index (χ2n) is 3.31. The van der Waals surface area contributed by atoms with Crippen LogP contribution in [0.25, 0.3) is 0 Å². The van der Waals surface area contributed by atoms with Gasteiger partial charge in [0.15, 0.2) is 0 Å². The van der Waals surface area contributed by atoms with E-state index in [-0.39, 0.29) is 0 Å². The number of ether oxygens (including phenoxy) is 1. The van der Waals surface area contributed by atoms with Crippen molar-refractivity contribution in [3.8, 4) is 6.07 Å². The van der Waals surface area contributed by atoms with Crippen molar-refractivity contribution >= 4 is 5.95 Å². The van der Waals surface area contributed by atoms with E-state index in [0.29, 0.717) is 18.2 Å². The van der Waals surface area contributed by atoms with Gasteiger partial charge in [-0.05, 0) is 12.5 Å². The standard InChI is InChI=1S/C10H12N4O/c11-8-9-2-3-12-10(13-9)14-4-1-6-15-7-5-14/h2-3H,1,4-7H2. The van der Waals surface area contributed by atoms with E-state index in [1.54, 1.807) is 12.3 Å². The molecule has 0 amide bonds. The number of nitrogens with zero attached hydrogens (tertiary/aromatic N) is 4. The summed E-state index contributed by atoms with van der Waals surface area (Å²) in [5, 5.41) is 8.73. The molecule has 1 aromatic rings. The Morgan fingerprint density at radius 2 is 2.33 bits per heavy atom. The van der Waals surface area contributed by atoms with Gasteiger partial charge in [-0.15, -0.1) is 0 Å². The number of aromatic nitrogens is 2. The van der Waals surface area contributed by atoms with E-state index in [2.05, 4.69) is 9.97 Å². The normalized spacial score (nSPS) is 16.9. The third-order valence-corrected chi connectivity index (χ3v) is 2.26. The maximum absolute atomic E-state index is 8.73. The van der Waals surface area contributed by atoms with Gasteiger partial charge >= 0.3 is 0 Å². The molecule has 0 saturated carbocycles. The minimum Gasteiger partial charge on any atom is -0.380 e. The number of anilines is 1. The van der Waals surface area contributed by atoms with E-state index in [1.165, 1.54) is 0 Å². The molecule has 2 rings (SSSR count). The van der Waals surface area contributed by atoms with Gasteiger partial charge in [0.2, 0.25) is 5.95 Å². The van der Waals surface area contributed by atoms with Crippen LogP contribution in [0.4, 0.5) is 5.95 Å². The smallest absolute Gasteiger partial charge is 0.226 e. The molecule has 15 heavy (non-hydrogen) atoms. The molecule has 1 aromatic heterocycles. The van der Waals surface area contributed by atoms with E-state index in [9.17, 15) is 0 Å². The fraction of sp³-hybridized carbons (Fsp3) is 0.500. The lowest BCUT2D eigenvalue weighted by Crippen LogP contribution is -2.27. The Kier molecular flexibility index (Phi) is 3.10. The molecule has 5 heteroatoms. The van der Waals surface area contributed by atoms with Crippen molar-refractivity contribution in [2.24, 2.45) is 0 Å². The molecule has 0 unspecified atom stereocenters. The van der Waals surface area contributed by atoms with Crippen molar-refractivity contribution in [3.05, 3.63) is 18.0 Å². The number of rotatable bonds is 1. The Labute approximate surface area is 88.3 Å². The summed E-state index contributed by atoms with van der Waals surface area (Å²) in [6.45, 7) is 3.15. The molecule has 1 fully saturated rings. The van der Waals surface area contributed by atoms with Crippen molar-refractivity contribution in [2.45, 2.75) is 6.42 Å². The largest absolute Gasteiger partial charge is 0.380 e. The minimum absolute atomic E-state index is 0.408. The summed E-state index contributed by atoms with van der Waals surface area (Å²) in [7, 11) is 0. The summed E-state index contributed by atoms with van der Waals surface area (Å²) >= 11 is 0. The first-order chi connectivity index (χ1) is 7.40. The molecule has 0 atom stereocenters. The van der Waals surface area contributed by atoms with Gasteiger partial charge in [0, 0.05) is 25.9 Å². The Bertz CT molecular complexity index is 366. The summed E-state index contributed by atoms with van der Waals surface area (Å²) < 4.78 is 5.34. The Morgan fingerprint density at radius 3 is 3.20 bits per heavy atom. The topological polar surface area (TPSA) is 62.0 Å². The molecule has 0 aromatic carbocycles. The third kappa shape index (κ3) is 2.42. The van der Waals surface area contributed by atoms with Crippen molar-refractivity contribution in [2.75, 3.05) is 31.2 Å². The molecule has 0 N–H and O–H groups in total. The quantitative estimate of drug-likeness (QED) is 0.669. The summed E-state index contributed by atoms with van der Waals surface area (Å²) in [6.07, 6.45) is 2.59. The molecule has 0 aliphatic carbocycles. The van der Waals surface area contributed by atoms with Crippen LogP contribution in [-0.4, -0.2) is 36.3 Å². The molecule has 78 valence electrons. The van der Waals surface area contributed by atoms with E-state index in [0.717, 1.165) is 26.1 Å². The second-order valence-corrected chi connectivity index (χ2v) is 3.31. The van der Waals surface area contributed by atoms with E-state index >= 15 is 0 Å². The Hall–Kier alpha value is -1.67. The summed E-state index contributed by atoms with van der Waals surface area (Å²) in [4.78, 5) is 10.4. The van der Waals surface area contributed by atoms with Crippen molar-refractivity contribution < 1.29 is 4.74 Å². The highest BCUT2D eigenvalue weighted by Gasteiger charge is 2.12. The maximum atomic E-state index is 8.73. The van der Waals surface area contributed by atoms with Gasteiger partial charge in [-0.1, -0.05) is 0 Å². The zero-order valence-electron chi connectivity index (χ0n) is 8.39. The van der Waals surface area contributed by atoms with Crippen LogP contribution in [0.15, 0.2) is 12.3 Å². The molecule has 1 saturated heterocycles. The van der Waals surface area contributed by atoms with Gasteiger partial charge in [0.25, 0.3) is 0 Å². The number of nitriles is 1. The van der Waals surface area contributed by atoms with Crippen LogP contribution in [0.3, 0.4) is 0 Å². The average Bonchev–Trinajstić information content (AvgIpc) is 2.58. The molecule has 1 aliphatic rings. The molecule has 0 bridgehead atoms. The van der Waals surface area contributed by atoms with Crippen LogP contribution in [0.1, 0.15) is 12.1 Å². The third-order valence-electron chi connectivity index (χ3n) is 2.26. The lowest BCUT2D eigenvalue weighted by atomic mass is 10.4. The van der Waals surface area contributed by atoms with Crippen LogP contribution < -0.4 is 4.90 Å². The fourth-order valence-corrected chi connectivity index (χ4v) is 1.51. The van der Waals surface area contributed by atoms with Gasteiger partial charge in [0.1, 0.15) is 11.8 Å². The van der Waals surface area contributed by atoms with Crippen LogP contribution in [0, 0.1) is 11.3 Å². The van der Waals surface area contributed by atoms with Crippen LogP contribution in [-0.2, 0) is 4.74 Å². The molecular weight excluding hydrogens is 192 g/mol. The Morgan fingerprint density at radius 1 is 1.40 bits per heavy atom. The lowest BCUT2D eigenvalue weighted by molar-refractivity contribution is 0.152. The molecule has 0 radical (unpaired) electrons. The van der Waals surface area contributed by atoms with E-state index < -0.39 is 0 Å². The summed E-state index contributed by atoms with van der Waals surface area (Å²) in [5.74, 6) is 0.625. The first-order valence-corrected chi connectivity index (χ1v) is 4.96. The lowest BCUT2D eigenvalue weighted by Gasteiger charge is -2.18. The van der Waals surface area contributed by atoms with Crippen LogP contribution >= 0.6 is 0 Å². The van der Waals surface area contributed by atoms with Crippen molar-refractivity contribution in [3.63, 3.8) is 0 Å². The highest BCUT2D eigenvalue weighted by Crippen LogP contribution is 2.09. The first-order valence-electron chi connectivity index (χ1n) is 4.96. The summed E-state index contributed by atoms with van der Waals surface area (Å²) in [5.41, 5.74) is 0.408. The van der Waals surface area contributed by atoms with E-state index in [1.807, 2.05) is 11.0 Å². The predicted octanol–water partition coefficient (Wildman–Crippen LogP) is 0.575. The maximum Gasteiger partial charge on any atom is 0.226 e. The van der Waals surface area contributed by atoms with Gasteiger partial charge in [-0.3, -0.25) is 0 Å². The number of hydrogen-bond acceptors (Lipinski definition) is 5. The van der Waals surface area contributed by atoms with Crippen LogP contribution in [0.2, 0.25) is 0 Å². The second kappa shape index (κ2) is 4.71. The van der Waals surface area contributed by atoms with Gasteiger partial charge < -0.3 is 9.64 Å². The molecule has 1 aliphatic heterocycles. The fourth-order valence-electron chi connectivity index (χ4n) is 1.51. The van der Waals surface area contributed by atoms with E-state index in [4.69, 9.17) is 10.00 Å². The van der Waals surface area contributed by atoms with Gasteiger partial charge in [-0.25, -0.2) is 9.97 Å². The first kappa shape index (κ1) is 9.87. The molecule has 5 nitrogen and oxygen atoms in total. The molecular formula is C10H12N4O. The SMILES string of the molecule is N#Cc1ccnc(N2CCCOCC2)n1. The summed E-state index contributed by atoms with van der Waals surface area (Å²) in [6, 6.07) is 3.62. The molecule has 2 heterocycles. The number of hydrogen-bond donors (Lipinski definition) is 0. The highest BCUT2D eigenvalue weighted by molar-refractivity contribution is 5.33. The zero-order chi connectivity index (χ0) is 10.5. The van der Waals surface area contributed by atoms with Crippen molar-refractivity contribution in [1.29, 1.82) is 5.26 Å². The highest BCUT2D eigenvalue weighted by atomic mass is 16.5.